The Morgan fingerprint density at radius 2 is 2.00 bits per heavy atom. The summed E-state index contributed by atoms with van der Waals surface area (Å²) in [4.78, 5) is 12.2. The van der Waals surface area contributed by atoms with E-state index in [1.165, 1.54) is 12.1 Å². The van der Waals surface area contributed by atoms with Crippen molar-refractivity contribution in [3.05, 3.63) is 57.6 Å². The van der Waals surface area contributed by atoms with Gasteiger partial charge in [-0.15, -0.1) is 0 Å². The quantitative estimate of drug-likeness (QED) is 0.846. The van der Waals surface area contributed by atoms with Crippen LogP contribution in [0.4, 0.5) is 5.69 Å². The van der Waals surface area contributed by atoms with Crippen molar-refractivity contribution in [2.75, 3.05) is 12.8 Å². The highest BCUT2D eigenvalue weighted by atomic mass is 35.5. The molecule has 2 aromatic rings. The van der Waals surface area contributed by atoms with Gasteiger partial charge in [0.15, 0.2) is 0 Å². The third-order valence-corrected chi connectivity index (χ3v) is 3.46. The molecule has 0 aromatic heterocycles. The number of hydrogen-bond donors (Lipinski definition) is 2. The number of nitrogen functional groups attached to an aromatic ring is 1. The molecule has 3 N–H and O–H groups in total. The standard InChI is InChI=1S/C15H14Cl2N2O2/c1-21-13-5-3-2-4-9(13)8-19-15(20)14-11(17)6-10(16)7-12(14)18/h2-7H,8,18H2,1H3,(H,19,20). The molecule has 0 aliphatic heterocycles. The van der Waals surface area contributed by atoms with Gasteiger partial charge in [-0.3, -0.25) is 4.79 Å². The smallest absolute Gasteiger partial charge is 0.255 e. The number of halogens is 2. The van der Waals surface area contributed by atoms with Crippen LogP contribution in [0, 0.1) is 0 Å². The Balaban J connectivity index is 2.16. The van der Waals surface area contributed by atoms with Crippen molar-refractivity contribution in [2.45, 2.75) is 6.54 Å². The number of carbonyl (C=O) groups excluding carboxylic acids is 1. The van der Waals surface area contributed by atoms with E-state index < -0.39 is 0 Å². The minimum Gasteiger partial charge on any atom is -0.496 e. The molecule has 4 nitrogen and oxygen atoms in total. The van der Waals surface area contributed by atoms with Crippen molar-refractivity contribution >= 4 is 34.8 Å². The SMILES string of the molecule is COc1ccccc1CNC(=O)c1c(N)cc(Cl)cc1Cl. The van der Waals surface area contributed by atoms with E-state index in [-0.39, 0.29) is 22.2 Å². The zero-order valence-corrected chi connectivity index (χ0v) is 12.8. The lowest BCUT2D eigenvalue weighted by molar-refractivity contribution is 0.0951. The predicted octanol–water partition coefficient (Wildman–Crippen LogP) is 3.51. The van der Waals surface area contributed by atoms with Crippen LogP contribution in [0.2, 0.25) is 10.0 Å². The first-order valence-corrected chi connectivity index (χ1v) is 6.93. The molecule has 21 heavy (non-hydrogen) atoms. The lowest BCUT2D eigenvalue weighted by Gasteiger charge is -2.12. The molecular weight excluding hydrogens is 311 g/mol. The molecule has 0 bridgehead atoms. The highest BCUT2D eigenvalue weighted by Gasteiger charge is 2.15. The summed E-state index contributed by atoms with van der Waals surface area (Å²) in [7, 11) is 1.58. The maximum Gasteiger partial charge on any atom is 0.255 e. The topological polar surface area (TPSA) is 64.3 Å². The number of methoxy groups -OCH3 is 1. The molecule has 110 valence electrons. The van der Waals surface area contributed by atoms with Crippen LogP contribution in [0.5, 0.6) is 5.75 Å². The Morgan fingerprint density at radius 3 is 2.67 bits per heavy atom. The van der Waals surface area contributed by atoms with Crippen LogP contribution < -0.4 is 15.8 Å². The summed E-state index contributed by atoms with van der Waals surface area (Å²) >= 11 is 11.8. The van der Waals surface area contributed by atoms with E-state index in [2.05, 4.69) is 5.32 Å². The summed E-state index contributed by atoms with van der Waals surface area (Å²) in [6.07, 6.45) is 0. The van der Waals surface area contributed by atoms with E-state index in [0.29, 0.717) is 17.3 Å². The Bertz CT molecular complexity index is 651. The number of amides is 1. The van der Waals surface area contributed by atoms with Gasteiger partial charge in [0.1, 0.15) is 5.75 Å². The first kappa shape index (κ1) is 15.5. The number of rotatable bonds is 4. The van der Waals surface area contributed by atoms with E-state index >= 15 is 0 Å². The normalized spacial score (nSPS) is 10.2. The molecule has 1 amide bonds. The number of carbonyl (C=O) groups is 1. The van der Waals surface area contributed by atoms with Gasteiger partial charge in [0.05, 0.1) is 17.7 Å². The van der Waals surface area contributed by atoms with E-state index in [9.17, 15) is 4.79 Å². The fourth-order valence-electron chi connectivity index (χ4n) is 1.95. The zero-order chi connectivity index (χ0) is 15.4. The second-order valence-electron chi connectivity index (χ2n) is 4.35. The highest BCUT2D eigenvalue weighted by Crippen LogP contribution is 2.27. The van der Waals surface area contributed by atoms with Gasteiger partial charge in [-0.1, -0.05) is 41.4 Å². The van der Waals surface area contributed by atoms with E-state index in [4.69, 9.17) is 33.7 Å². The number of nitrogens with one attached hydrogen (secondary N) is 1. The molecule has 0 unspecified atom stereocenters. The van der Waals surface area contributed by atoms with Gasteiger partial charge in [-0.25, -0.2) is 0 Å². The van der Waals surface area contributed by atoms with Crippen LogP contribution in [0.3, 0.4) is 0 Å². The predicted molar refractivity (Wildman–Crippen MR) is 85.0 cm³/mol. The fourth-order valence-corrected chi connectivity index (χ4v) is 2.54. The van der Waals surface area contributed by atoms with Crippen molar-refractivity contribution < 1.29 is 9.53 Å². The Kier molecular flexibility index (Phi) is 4.94. The minimum absolute atomic E-state index is 0.218. The average molecular weight is 325 g/mol. The van der Waals surface area contributed by atoms with Crippen LogP contribution in [0.15, 0.2) is 36.4 Å². The number of ether oxygens (including phenoxy) is 1. The van der Waals surface area contributed by atoms with Crippen molar-refractivity contribution in [1.82, 2.24) is 5.32 Å². The number of anilines is 1. The zero-order valence-electron chi connectivity index (χ0n) is 11.3. The second-order valence-corrected chi connectivity index (χ2v) is 5.19. The first-order chi connectivity index (χ1) is 10.0. The third-order valence-electron chi connectivity index (χ3n) is 2.94. The molecule has 2 rings (SSSR count). The summed E-state index contributed by atoms with van der Waals surface area (Å²) in [6, 6.07) is 10.4. The molecular formula is C15H14Cl2N2O2. The Labute approximate surface area is 132 Å². The summed E-state index contributed by atoms with van der Waals surface area (Å²) in [6.45, 7) is 0.307. The summed E-state index contributed by atoms with van der Waals surface area (Å²) in [5, 5.41) is 3.37. The molecule has 0 heterocycles. The number of hydrogen-bond acceptors (Lipinski definition) is 3. The van der Waals surface area contributed by atoms with Crippen molar-refractivity contribution in [3.8, 4) is 5.75 Å². The average Bonchev–Trinajstić information content (AvgIpc) is 2.44. The molecule has 6 heteroatoms. The Morgan fingerprint density at radius 1 is 1.29 bits per heavy atom. The van der Waals surface area contributed by atoms with Crippen molar-refractivity contribution in [3.63, 3.8) is 0 Å². The summed E-state index contributed by atoms with van der Waals surface area (Å²) < 4.78 is 5.23. The second kappa shape index (κ2) is 6.70. The molecule has 2 aromatic carbocycles. The number of nitrogens with two attached hydrogens (primary N) is 1. The van der Waals surface area contributed by atoms with Crippen LogP contribution in [-0.4, -0.2) is 13.0 Å². The molecule has 0 saturated carbocycles. The van der Waals surface area contributed by atoms with Gasteiger partial charge in [-0.05, 0) is 18.2 Å². The van der Waals surface area contributed by atoms with E-state index in [1.54, 1.807) is 7.11 Å². The molecule has 0 aliphatic carbocycles. The largest absolute Gasteiger partial charge is 0.496 e. The molecule has 0 radical (unpaired) electrons. The fraction of sp³-hybridized carbons (Fsp3) is 0.133. The molecule has 0 aliphatic rings. The van der Waals surface area contributed by atoms with Gasteiger partial charge < -0.3 is 15.8 Å². The van der Waals surface area contributed by atoms with Crippen molar-refractivity contribution in [1.29, 1.82) is 0 Å². The molecule has 0 spiro atoms. The monoisotopic (exact) mass is 324 g/mol. The van der Waals surface area contributed by atoms with Crippen LogP contribution >= 0.6 is 23.2 Å². The molecule has 0 fully saturated rings. The van der Waals surface area contributed by atoms with Gasteiger partial charge in [0.25, 0.3) is 5.91 Å². The summed E-state index contributed by atoms with van der Waals surface area (Å²) in [5.41, 5.74) is 7.11. The minimum atomic E-state index is -0.361. The maximum absolute atomic E-state index is 12.2. The van der Waals surface area contributed by atoms with Gasteiger partial charge >= 0.3 is 0 Å². The molecule has 0 atom stereocenters. The lowest BCUT2D eigenvalue weighted by Crippen LogP contribution is -2.24. The van der Waals surface area contributed by atoms with Crippen LogP contribution in [0.1, 0.15) is 15.9 Å². The van der Waals surface area contributed by atoms with Crippen LogP contribution in [-0.2, 0) is 6.54 Å². The highest BCUT2D eigenvalue weighted by molar-refractivity contribution is 6.37. The molecule has 0 saturated heterocycles. The number of para-hydroxylation sites is 1. The van der Waals surface area contributed by atoms with Gasteiger partial charge in [0, 0.05) is 22.8 Å². The summed E-state index contributed by atoms with van der Waals surface area (Å²) in [5.74, 6) is 0.341. The van der Waals surface area contributed by atoms with Gasteiger partial charge in [0.2, 0.25) is 0 Å². The number of benzene rings is 2. The van der Waals surface area contributed by atoms with Crippen molar-refractivity contribution in [2.24, 2.45) is 0 Å². The van der Waals surface area contributed by atoms with E-state index in [1.807, 2.05) is 24.3 Å². The third kappa shape index (κ3) is 3.60. The first-order valence-electron chi connectivity index (χ1n) is 6.17. The maximum atomic E-state index is 12.2. The Hall–Kier alpha value is -1.91. The van der Waals surface area contributed by atoms with Gasteiger partial charge in [-0.2, -0.15) is 0 Å². The van der Waals surface area contributed by atoms with E-state index in [0.717, 1.165) is 5.56 Å². The lowest BCUT2D eigenvalue weighted by atomic mass is 10.1. The van der Waals surface area contributed by atoms with Crippen LogP contribution in [0.25, 0.3) is 0 Å².